The summed E-state index contributed by atoms with van der Waals surface area (Å²) in [5.74, 6) is -1.85. The van der Waals surface area contributed by atoms with Gasteiger partial charge in [0.05, 0.1) is 12.2 Å². The molecular weight excluding hydrogens is 218 g/mol. The van der Waals surface area contributed by atoms with E-state index in [0.29, 0.717) is 0 Å². The van der Waals surface area contributed by atoms with Crippen LogP contribution in [0.3, 0.4) is 0 Å². The summed E-state index contributed by atoms with van der Waals surface area (Å²) in [7, 11) is 0. The third-order valence-corrected chi connectivity index (χ3v) is 3.00. The first-order valence-electron chi connectivity index (χ1n) is 5.05. The number of hydrogen-bond acceptors (Lipinski definition) is 6. The van der Waals surface area contributed by atoms with E-state index in [1.165, 1.54) is 0 Å². The van der Waals surface area contributed by atoms with Crippen LogP contribution in [-0.2, 0) is 4.79 Å². The molecule has 1 rings (SSSR count). The van der Waals surface area contributed by atoms with Crippen molar-refractivity contribution in [3.05, 3.63) is 0 Å². The average molecular weight is 235 g/mol. The first-order chi connectivity index (χ1) is 7.34. The Morgan fingerprint density at radius 2 is 1.75 bits per heavy atom. The molecule has 0 amide bonds. The highest BCUT2D eigenvalue weighted by molar-refractivity contribution is 5.73. The van der Waals surface area contributed by atoms with E-state index in [9.17, 15) is 25.2 Å². The summed E-state index contributed by atoms with van der Waals surface area (Å²) in [4.78, 5) is 10.5. The van der Waals surface area contributed by atoms with Crippen LogP contribution < -0.4 is 5.73 Å². The van der Waals surface area contributed by atoms with E-state index in [-0.39, 0.29) is 12.8 Å². The predicted octanol–water partition coefficient (Wildman–Crippen LogP) is -2.75. The molecule has 0 radical (unpaired) electrons. The van der Waals surface area contributed by atoms with Crippen LogP contribution in [0.4, 0.5) is 0 Å². The van der Waals surface area contributed by atoms with E-state index in [1.807, 2.05) is 0 Å². The van der Waals surface area contributed by atoms with Crippen LogP contribution in [0.5, 0.6) is 0 Å². The minimum absolute atomic E-state index is 0.0143. The van der Waals surface area contributed by atoms with Gasteiger partial charge in [-0.1, -0.05) is 0 Å². The van der Waals surface area contributed by atoms with Gasteiger partial charge in [-0.3, -0.25) is 4.79 Å². The number of carboxylic acids is 1. The number of aliphatic hydroxyl groups excluding tert-OH is 4. The lowest BCUT2D eigenvalue weighted by atomic mass is 9.78. The molecule has 1 aliphatic rings. The van der Waals surface area contributed by atoms with Gasteiger partial charge in [-0.05, 0) is 18.8 Å². The van der Waals surface area contributed by atoms with Gasteiger partial charge in [0.2, 0.25) is 0 Å². The number of hydrogen-bond donors (Lipinski definition) is 6. The van der Waals surface area contributed by atoms with E-state index in [1.54, 1.807) is 0 Å². The van der Waals surface area contributed by atoms with E-state index < -0.39 is 42.3 Å². The van der Waals surface area contributed by atoms with Gasteiger partial charge in [0, 0.05) is 0 Å². The Labute approximate surface area is 92.1 Å². The number of carbonyl (C=O) groups is 1. The molecular formula is C9H17NO6. The Hall–Kier alpha value is -0.730. The quantitative estimate of drug-likeness (QED) is 0.311. The highest BCUT2D eigenvalue weighted by Crippen LogP contribution is 2.28. The third-order valence-electron chi connectivity index (χ3n) is 3.00. The molecule has 5 unspecified atom stereocenters. The molecule has 0 bridgehead atoms. The van der Waals surface area contributed by atoms with Crippen LogP contribution in [0.25, 0.3) is 0 Å². The Balaban J connectivity index is 2.63. The van der Waals surface area contributed by atoms with Gasteiger partial charge in [-0.25, -0.2) is 0 Å². The molecule has 0 aromatic carbocycles. The number of nitrogens with two attached hydrogens (primary N) is 1. The fourth-order valence-electron chi connectivity index (χ4n) is 1.96. The highest BCUT2D eigenvalue weighted by Gasteiger charge is 2.42. The standard InChI is InChI=1S/C9H17NO6/c10-4(9(15)16)1-3-2-5(11)7(13)8(14)6(3)12/h3-8,11-14H,1-2,10H2,(H,15,16)/t3?,4-,5?,6?,7?,8?/m0/s1. The lowest BCUT2D eigenvalue weighted by Crippen LogP contribution is -2.54. The number of rotatable bonds is 3. The normalized spacial score (nSPS) is 41.7. The summed E-state index contributed by atoms with van der Waals surface area (Å²) in [5.41, 5.74) is 5.30. The van der Waals surface area contributed by atoms with Crippen molar-refractivity contribution in [1.29, 1.82) is 0 Å². The zero-order valence-corrected chi connectivity index (χ0v) is 8.60. The number of carboxylic acid groups (broad SMARTS) is 1. The third kappa shape index (κ3) is 2.69. The van der Waals surface area contributed by atoms with Crippen LogP contribution >= 0.6 is 0 Å². The molecule has 0 aromatic heterocycles. The molecule has 1 saturated carbocycles. The smallest absolute Gasteiger partial charge is 0.320 e. The van der Waals surface area contributed by atoms with Crippen molar-refractivity contribution in [2.75, 3.05) is 0 Å². The van der Waals surface area contributed by atoms with Crippen LogP contribution in [0.1, 0.15) is 12.8 Å². The Morgan fingerprint density at radius 1 is 1.19 bits per heavy atom. The van der Waals surface area contributed by atoms with Gasteiger partial charge in [-0.2, -0.15) is 0 Å². The molecule has 6 atom stereocenters. The second kappa shape index (κ2) is 5.07. The van der Waals surface area contributed by atoms with Gasteiger partial charge in [0.1, 0.15) is 18.2 Å². The molecule has 0 aromatic rings. The molecule has 0 aliphatic heterocycles. The predicted molar refractivity (Wildman–Crippen MR) is 52.4 cm³/mol. The fourth-order valence-corrected chi connectivity index (χ4v) is 1.96. The monoisotopic (exact) mass is 235 g/mol. The first kappa shape index (κ1) is 13.3. The maximum absolute atomic E-state index is 10.5. The van der Waals surface area contributed by atoms with Crippen molar-refractivity contribution in [3.63, 3.8) is 0 Å². The van der Waals surface area contributed by atoms with Gasteiger partial charge >= 0.3 is 5.97 Å². The van der Waals surface area contributed by atoms with Crippen molar-refractivity contribution in [3.8, 4) is 0 Å². The minimum atomic E-state index is -1.48. The maximum atomic E-state index is 10.5. The fraction of sp³-hybridized carbons (Fsp3) is 0.889. The second-order valence-electron chi connectivity index (χ2n) is 4.22. The molecule has 94 valence electrons. The van der Waals surface area contributed by atoms with Crippen molar-refractivity contribution in [2.24, 2.45) is 11.7 Å². The van der Waals surface area contributed by atoms with Gasteiger partial charge in [0.25, 0.3) is 0 Å². The number of aliphatic hydroxyl groups is 4. The molecule has 0 saturated heterocycles. The van der Waals surface area contributed by atoms with Crippen molar-refractivity contribution < 1.29 is 30.3 Å². The van der Waals surface area contributed by atoms with Crippen LogP contribution in [0.2, 0.25) is 0 Å². The van der Waals surface area contributed by atoms with Crippen molar-refractivity contribution >= 4 is 5.97 Å². The maximum Gasteiger partial charge on any atom is 0.320 e. The second-order valence-corrected chi connectivity index (χ2v) is 4.22. The Bertz CT molecular complexity index is 260. The molecule has 7 heteroatoms. The zero-order valence-electron chi connectivity index (χ0n) is 8.60. The molecule has 7 nitrogen and oxygen atoms in total. The van der Waals surface area contributed by atoms with Crippen LogP contribution in [0.15, 0.2) is 0 Å². The summed E-state index contributed by atoms with van der Waals surface area (Å²) in [6.07, 6.45) is -5.38. The summed E-state index contributed by atoms with van der Waals surface area (Å²) >= 11 is 0. The Kier molecular flexibility index (Phi) is 4.22. The van der Waals surface area contributed by atoms with Crippen LogP contribution in [-0.4, -0.2) is 62.0 Å². The highest BCUT2D eigenvalue weighted by atomic mass is 16.4. The SMILES string of the molecule is N[C@@H](CC1CC(O)C(O)C(O)C1O)C(=O)O. The number of aliphatic carboxylic acids is 1. The molecule has 1 fully saturated rings. The summed E-state index contributed by atoms with van der Waals surface area (Å²) in [6, 6.07) is -1.16. The topological polar surface area (TPSA) is 144 Å². The van der Waals surface area contributed by atoms with E-state index >= 15 is 0 Å². The molecule has 0 heterocycles. The molecule has 1 aliphatic carbocycles. The first-order valence-corrected chi connectivity index (χ1v) is 5.05. The van der Waals surface area contributed by atoms with Gasteiger partial charge in [0.15, 0.2) is 0 Å². The summed E-state index contributed by atoms with van der Waals surface area (Å²) in [5, 5.41) is 46.2. The van der Waals surface area contributed by atoms with Crippen molar-refractivity contribution in [1.82, 2.24) is 0 Å². The van der Waals surface area contributed by atoms with E-state index in [4.69, 9.17) is 10.8 Å². The average Bonchev–Trinajstić information content (AvgIpc) is 2.22. The minimum Gasteiger partial charge on any atom is -0.480 e. The molecule has 16 heavy (non-hydrogen) atoms. The zero-order chi connectivity index (χ0) is 12.5. The van der Waals surface area contributed by atoms with Crippen molar-refractivity contribution in [2.45, 2.75) is 43.3 Å². The van der Waals surface area contributed by atoms with Gasteiger partial charge < -0.3 is 31.3 Å². The molecule has 0 spiro atoms. The lowest BCUT2D eigenvalue weighted by Gasteiger charge is -2.38. The summed E-state index contributed by atoms with van der Waals surface area (Å²) in [6.45, 7) is 0. The Morgan fingerprint density at radius 3 is 2.25 bits per heavy atom. The van der Waals surface area contributed by atoms with E-state index in [0.717, 1.165) is 0 Å². The largest absolute Gasteiger partial charge is 0.480 e. The van der Waals surface area contributed by atoms with Crippen LogP contribution in [0, 0.1) is 5.92 Å². The van der Waals surface area contributed by atoms with E-state index in [2.05, 4.69) is 0 Å². The molecule has 7 N–H and O–H groups in total. The van der Waals surface area contributed by atoms with Gasteiger partial charge in [-0.15, -0.1) is 0 Å². The summed E-state index contributed by atoms with van der Waals surface area (Å²) < 4.78 is 0. The lowest BCUT2D eigenvalue weighted by molar-refractivity contribution is -0.161.